The van der Waals surface area contributed by atoms with Crippen LogP contribution in [0.5, 0.6) is 5.75 Å². The van der Waals surface area contributed by atoms with E-state index in [2.05, 4.69) is 0 Å². The Balaban J connectivity index is 2.85. The summed E-state index contributed by atoms with van der Waals surface area (Å²) in [5, 5.41) is 8.95. The zero-order chi connectivity index (χ0) is 14.6. The molecule has 0 aliphatic carbocycles. The van der Waals surface area contributed by atoms with Crippen molar-refractivity contribution in [1.82, 2.24) is 4.90 Å². The van der Waals surface area contributed by atoms with Crippen molar-refractivity contribution < 1.29 is 19.4 Å². The van der Waals surface area contributed by atoms with Gasteiger partial charge in [0.15, 0.2) is 6.61 Å². The number of hydrogen-bond acceptors (Lipinski definition) is 3. The topological polar surface area (TPSA) is 66.8 Å². The Hall–Kier alpha value is -2.04. The predicted octanol–water partition coefficient (Wildman–Crippen LogP) is 1.86. The first-order chi connectivity index (χ1) is 8.86. The van der Waals surface area contributed by atoms with Gasteiger partial charge in [-0.15, -0.1) is 0 Å². The number of aromatic carboxylic acids is 1. The van der Waals surface area contributed by atoms with Crippen LogP contribution < -0.4 is 4.74 Å². The highest BCUT2D eigenvalue weighted by molar-refractivity contribution is 5.88. The molecule has 1 aromatic carbocycles. The minimum absolute atomic E-state index is 0.0432. The summed E-state index contributed by atoms with van der Waals surface area (Å²) in [6.07, 6.45) is 0. The van der Waals surface area contributed by atoms with Gasteiger partial charge in [0.2, 0.25) is 0 Å². The standard InChI is InChI=1S/C14H19NO4/c1-5-15(4)12(16)8-19-13-9(2)6-11(14(17)18)7-10(13)3/h6-7H,5,8H2,1-4H3,(H,17,18). The van der Waals surface area contributed by atoms with E-state index < -0.39 is 5.97 Å². The van der Waals surface area contributed by atoms with E-state index in [1.807, 2.05) is 6.92 Å². The van der Waals surface area contributed by atoms with Gasteiger partial charge < -0.3 is 14.7 Å². The van der Waals surface area contributed by atoms with Gasteiger partial charge in [-0.3, -0.25) is 4.79 Å². The van der Waals surface area contributed by atoms with Crippen LogP contribution in [0.1, 0.15) is 28.4 Å². The molecule has 5 heteroatoms. The van der Waals surface area contributed by atoms with Crippen molar-refractivity contribution >= 4 is 11.9 Å². The predicted molar refractivity (Wildman–Crippen MR) is 71.7 cm³/mol. The average Bonchev–Trinajstić information content (AvgIpc) is 2.36. The molecule has 5 nitrogen and oxygen atoms in total. The molecule has 0 bridgehead atoms. The highest BCUT2D eigenvalue weighted by atomic mass is 16.5. The third-order valence-corrected chi connectivity index (χ3v) is 2.95. The Bertz CT molecular complexity index is 473. The molecule has 1 aromatic rings. The van der Waals surface area contributed by atoms with Crippen molar-refractivity contribution in [3.8, 4) is 5.75 Å². The number of carbonyl (C=O) groups excluding carboxylic acids is 1. The van der Waals surface area contributed by atoms with Gasteiger partial charge in [-0.05, 0) is 44.0 Å². The van der Waals surface area contributed by atoms with Crippen LogP contribution in [0.4, 0.5) is 0 Å². The van der Waals surface area contributed by atoms with Crippen molar-refractivity contribution in [3.05, 3.63) is 28.8 Å². The molecule has 0 spiro atoms. The largest absolute Gasteiger partial charge is 0.483 e. The summed E-state index contributed by atoms with van der Waals surface area (Å²) in [5.41, 5.74) is 1.65. The third-order valence-electron chi connectivity index (χ3n) is 2.95. The first-order valence-corrected chi connectivity index (χ1v) is 6.08. The number of likely N-dealkylation sites (N-methyl/N-ethyl adjacent to an activating group) is 1. The summed E-state index contributed by atoms with van der Waals surface area (Å²) in [5.74, 6) is -0.508. The van der Waals surface area contributed by atoms with Crippen molar-refractivity contribution in [1.29, 1.82) is 0 Å². The quantitative estimate of drug-likeness (QED) is 0.882. The van der Waals surface area contributed by atoms with E-state index in [-0.39, 0.29) is 18.1 Å². The molecular formula is C14H19NO4. The van der Waals surface area contributed by atoms with Crippen LogP contribution in [0.25, 0.3) is 0 Å². The fourth-order valence-electron chi connectivity index (χ4n) is 1.72. The Morgan fingerprint density at radius 2 is 1.79 bits per heavy atom. The van der Waals surface area contributed by atoms with Gasteiger partial charge in [0.25, 0.3) is 5.91 Å². The molecular weight excluding hydrogens is 246 g/mol. The monoisotopic (exact) mass is 265 g/mol. The lowest BCUT2D eigenvalue weighted by atomic mass is 10.1. The van der Waals surface area contributed by atoms with Gasteiger partial charge in [0.05, 0.1) is 5.56 Å². The van der Waals surface area contributed by atoms with Gasteiger partial charge in [-0.1, -0.05) is 0 Å². The van der Waals surface area contributed by atoms with Gasteiger partial charge in [0.1, 0.15) is 5.75 Å². The molecule has 0 saturated heterocycles. The van der Waals surface area contributed by atoms with Crippen molar-refractivity contribution in [3.63, 3.8) is 0 Å². The zero-order valence-corrected chi connectivity index (χ0v) is 11.7. The summed E-state index contributed by atoms with van der Waals surface area (Å²) in [7, 11) is 1.71. The van der Waals surface area contributed by atoms with E-state index in [0.717, 1.165) is 0 Å². The van der Waals surface area contributed by atoms with Crippen LogP contribution in [0, 0.1) is 13.8 Å². The molecule has 0 unspecified atom stereocenters. The van der Waals surface area contributed by atoms with Crippen molar-refractivity contribution in [2.75, 3.05) is 20.2 Å². The van der Waals surface area contributed by atoms with Crippen LogP contribution in [-0.2, 0) is 4.79 Å². The minimum atomic E-state index is -0.973. The summed E-state index contributed by atoms with van der Waals surface area (Å²) in [4.78, 5) is 24.1. The first-order valence-electron chi connectivity index (χ1n) is 6.08. The van der Waals surface area contributed by atoms with E-state index >= 15 is 0 Å². The van der Waals surface area contributed by atoms with Crippen LogP contribution in [0.3, 0.4) is 0 Å². The number of carboxylic acids is 1. The molecule has 0 saturated carbocycles. The van der Waals surface area contributed by atoms with E-state index in [1.54, 1.807) is 37.9 Å². The number of carboxylic acid groups (broad SMARTS) is 1. The second-order valence-electron chi connectivity index (χ2n) is 4.44. The Labute approximate surface area is 112 Å². The number of carbonyl (C=O) groups is 2. The summed E-state index contributed by atoms with van der Waals surface area (Å²) >= 11 is 0. The van der Waals surface area contributed by atoms with E-state index in [4.69, 9.17) is 9.84 Å². The molecule has 1 amide bonds. The lowest BCUT2D eigenvalue weighted by Gasteiger charge is -2.17. The fraction of sp³-hybridized carbons (Fsp3) is 0.429. The second-order valence-corrected chi connectivity index (χ2v) is 4.44. The molecule has 1 rings (SSSR count). The van der Waals surface area contributed by atoms with Crippen LogP contribution in [-0.4, -0.2) is 42.1 Å². The smallest absolute Gasteiger partial charge is 0.335 e. The number of amides is 1. The molecule has 0 aromatic heterocycles. The van der Waals surface area contributed by atoms with Crippen molar-refractivity contribution in [2.24, 2.45) is 0 Å². The Kier molecular flexibility index (Phi) is 4.92. The molecule has 0 atom stereocenters. The van der Waals surface area contributed by atoms with E-state index in [1.165, 1.54) is 0 Å². The van der Waals surface area contributed by atoms with Crippen LogP contribution >= 0.6 is 0 Å². The van der Waals surface area contributed by atoms with Crippen molar-refractivity contribution in [2.45, 2.75) is 20.8 Å². The number of nitrogens with zero attached hydrogens (tertiary/aromatic N) is 1. The lowest BCUT2D eigenvalue weighted by molar-refractivity contribution is -0.131. The maximum absolute atomic E-state index is 11.7. The van der Waals surface area contributed by atoms with Gasteiger partial charge >= 0.3 is 5.97 Å². The fourth-order valence-corrected chi connectivity index (χ4v) is 1.72. The van der Waals surface area contributed by atoms with Gasteiger partial charge in [-0.2, -0.15) is 0 Å². The average molecular weight is 265 g/mol. The maximum Gasteiger partial charge on any atom is 0.335 e. The molecule has 0 aliphatic heterocycles. The Morgan fingerprint density at radius 3 is 2.21 bits per heavy atom. The molecule has 0 heterocycles. The highest BCUT2D eigenvalue weighted by Crippen LogP contribution is 2.24. The van der Waals surface area contributed by atoms with Crippen LogP contribution in [0.2, 0.25) is 0 Å². The van der Waals surface area contributed by atoms with Gasteiger partial charge in [0, 0.05) is 13.6 Å². The molecule has 1 N–H and O–H groups in total. The number of ether oxygens (including phenoxy) is 1. The number of hydrogen-bond donors (Lipinski definition) is 1. The molecule has 0 fully saturated rings. The minimum Gasteiger partial charge on any atom is -0.483 e. The van der Waals surface area contributed by atoms with Crippen LogP contribution in [0.15, 0.2) is 12.1 Å². The molecule has 0 radical (unpaired) electrons. The second kappa shape index (κ2) is 6.22. The van der Waals surface area contributed by atoms with E-state index in [9.17, 15) is 9.59 Å². The third kappa shape index (κ3) is 3.71. The number of rotatable bonds is 5. The summed E-state index contributed by atoms with van der Waals surface area (Å²) in [6, 6.07) is 3.08. The Morgan fingerprint density at radius 1 is 1.26 bits per heavy atom. The number of aryl methyl sites for hydroxylation is 2. The summed E-state index contributed by atoms with van der Waals surface area (Å²) in [6.45, 7) is 6.00. The summed E-state index contributed by atoms with van der Waals surface area (Å²) < 4.78 is 5.50. The van der Waals surface area contributed by atoms with E-state index in [0.29, 0.717) is 23.4 Å². The van der Waals surface area contributed by atoms with Gasteiger partial charge in [-0.25, -0.2) is 4.79 Å². The maximum atomic E-state index is 11.7. The SMILES string of the molecule is CCN(C)C(=O)COc1c(C)cc(C(=O)O)cc1C. The molecule has 104 valence electrons. The number of benzene rings is 1. The lowest BCUT2D eigenvalue weighted by Crippen LogP contribution is -2.31. The molecule has 0 aliphatic rings. The highest BCUT2D eigenvalue weighted by Gasteiger charge is 2.13. The first kappa shape index (κ1) is 15.0. The molecule has 19 heavy (non-hydrogen) atoms. The zero-order valence-electron chi connectivity index (χ0n) is 11.7. The normalized spacial score (nSPS) is 10.1.